The van der Waals surface area contributed by atoms with Crippen molar-refractivity contribution in [3.05, 3.63) is 0 Å². The van der Waals surface area contributed by atoms with Gasteiger partial charge in [0.15, 0.2) is 0 Å². The van der Waals surface area contributed by atoms with Crippen molar-refractivity contribution in [2.24, 2.45) is 0 Å². The maximum Gasteiger partial charge on any atom is 0.105 e. The first-order chi connectivity index (χ1) is 5.96. The highest BCUT2D eigenvalue weighted by Crippen LogP contribution is 2.63. The zero-order valence-corrected chi connectivity index (χ0v) is 11.4. The summed E-state index contributed by atoms with van der Waals surface area (Å²) >= 11 is 0. The molecular formula is C9H23N2P2+. The van der Waals surface area contributed by atoms with Crippen molar-refractivity contribution >= 4 is 15.5 Å². The van der Waals surface area contributed by atoms with E-state index in [9.17, 15) is 0 Å². The average molecular weight is 221 g/mol. The number of nitrogens with zero attached hydrogens (tertiary/aromatic N) is 2. The van der Waals surface area contributed by atoms with Gasteiger partial charge in [-0.05, 0) is 21.0 Å². The molecule has 1 aliphatic heterocycles. The van der Waals surface area contributed by atoms with Crippen LogP contribution in [-0.4, -0.2) is 61.9 Å². The third-order valence-corrected chi connectivity index (χ3v) is 10.7. The minimum atomic E-state index is -0.602. The summed E-state index contributed by atoms with van der Waals surface area (Å²) in [4.78, 5) is 0. The summed E-state index contributed by atoms with van der Waals surface area (Å²) in [7, 11) is 4.02. The standard InChI is InChI=1S/C9H23N2P2/c1-6-13(4,5)9-12-10(2)7-8-11(12)3/h6-9H2,1-5H3/q+1. The lowest BCUT2D eigenvalue weighted by Crippen LogP contribution is -2.13. The number of rotatable bonds is 3. The molecule has 1 rings (SSSR count). The van der Waals surface area contributed by atoms with Crippen LogP contribution in [0.1, 0.15) is 6.92 Å². The molecule has 0 aliphatic carbocycles. The largest absolute Gasteiger partial charge is 0.269 e. The van der Waals surface area contributed by atoms with E-state index < -0.39 is 7.26 Å². The first-order valence-electron chi connectivity index (χ1n) is 4.98. The fraction of sp³-hybridized carbons (Fsp3) is 1.00. The Balaban J connectivity index is 2.52. The van der Waals surface area contributed by atoms with Crippen LogP contribution in [0, 0.1) is 0 Å². The van der Waals surface area contributed by atoms with Crippen LogP contribution in [0.2, 0.25) is 0 Å². The van der Waals surface area contributed by atoms with Crippen LogP contribution >= 0.6 is 15.5 Å². The van der Waals surface area contributed by atoms with E-state index in [0.717, 1.165) is 0 Å². The van der Waals surface area contributed by atoms with Crippen LogP contribution in [0.5, 0.6) is 0 Å². The van der Waals surface area contributed by atoms with Gasteiger partial charge in [-0.25, -0.2) is 0 Å². The minimum Gasteiger partial charge on any atom is -0.269 e. The van der Waals surface area contributed by atoms with Gasteiger partial charge in [0.25, 0.3) is 0 Å². The molecule has 1 aliphatic rings. The van der Waals surface area contributed by atoms with Gasteiger partial charge in [0.1, 0.15) is 5.90 Å². The van der Waals surface area contributed by atoms with Crippen molar-refractivity contribution < 1.29 is 0 Å². The monoisotopic (exact) mass is 221 g/mol. The Morgan fingerprint density at radius 2 is 1.62 bits per heavy atom. The first kappa shape index (κ1) is 11.9. The molecule has 1 saturated heterocycles. The zero-order chi connectivity index (χ0) is 10.1. The van der Waals surface area contributed by atoms with E-state index in [1.54, 1.807) is 0 Å². The maximum absolute atomic E-state index is 2.56. The second kappa shape index (κ2) is 4.53. The fourth-order valence-electron chi connectivity index (χ4n) is 1.44. The predicted molar refractivity (Wildman–Crippen MR) is 66.4 cm³/mol. The van der Waals surface area contributed by atoms with E-state index in [-0.39, 0.29) is 8.22 Å². The molecule has 0 amide bonds. The molecule has 1 fully saturated rings. The van der Waals surface area contributed by atoms with E-state index >= 15 is 0 Å². The molecule has 1 heterocycles. The van der Waals surface area contributed by atoms with Gasteiger partial charge in [-0.2, -0.15) is 0 Å². The molecule has 0 spiro atoms. The van der Waals surface area contributed by atoms with Crippen molar-refractivity contribution in [2.75, 3.05) is 52.6 Å². The molecule has 2 nitrogen and oxygen atoms in total. The number of hydrogen-bond donors (Lipinski definition) is 0. The van der Waals surface area contributed by atoms with Crippen molar-refractivity contribution in [1.29, 1.82) is 0 Å². The van der Waals surface area contributed by atoms with Crippen LogP contribution in [0.25, 0.3) is 0 Å². The molecular weight excluding hydrogens is 198 g/mol. The molecule has 13 heavy (non-hydrogen) atoms. The van der Waals surface area contributed by atoms with Gasteiger partial charge in [0, 0.05) is 33.7 Å². The second-order valence-corrected chi connectivity index (χ2v) is 12.3. The lowest BCUT2D eigenvalue weighted by atomic mass is 10.6. The van der Waals surface area contributed by atoms with Crippen LogP contribution in [0.15, 0.2) is 0 Å². The maximum atomic E-state index is 2.56. The summed E-state index contributed by atoms with van der Waals surface area (Å²) in [5, 5.41) is 0. The Morgan fingerprint density at radius 3 is 2.00 bits per heavy atom. The molecule has 0 N–H and O–H groups in total. The van der Waals surface area contributed by atoms with Gasteiger partial charge in [-0.3, -0.25) is 9.34 Å². The molecule has 0 aromatic heterocycles. The minimum absolute atomic E-state index is 0.0547. The van der Waals surface area contributed by atoms with Gasteiger partial charge in [-0.15, -0.1) is 0 Å². The van der Waals surface area contributed by atoms with E-state index in [4.69, 9.17) is 0 Å². The van der Waals surface area contributed by atoms with E-state index in [1.807, 2.05) is 0 Å². The van der Waals surface area contributed by atoms with Crippen molar-refractivity contribution in [3.63, 3.8) is 0 Å². The van der Waals surface area contributed by atoms with Crippen molar-refractivity contribution in [1.82, 2.24) is 9.34 Å². The Hall–Kier alpha value is 0.780. The Morgan fingerprint density at radius 1 is 1.15 bits per heavy atom. The predicted octanol–water partition coefficient (Wildman–Crippen LogP) is 2.43. The lowest BCUT2D eigenvalue weighted by Gasteiger charge is -2.28. The van der Waals surface area contributed by atoms with Crippen LogP contribution in [0.3, 0.4) is 0 Å². The van der Waals surface area contributed by atoms with Crippen LogP contribution < -0.4 is 0 Å². The number of hydrogen-bond acceptors (Lipinski definition) is 2. The molecule has 4 heteroatoms. The quantitative estimate of drug-likeness (QED) is 0.675. The molecule has 0 aromatic carbocycles. The van der Waals surface area contributed by atoms with Gasteiger partial charge in [0.05, 0.1) is 14.4 Å². The van der Waals surface area contributed by atoms with Gasteiger partial charge in [0.2, 0.25) is 0 Å². The summed E-state index contributed by atoms with van der Waals surface area (Å²) in [5.41, 5.74) is 0. The molecule has 0 atom stereocenters. The second-order valence-electron chi connectivity index (χ2n) is 4.53. The molecule has 78 valence electrons. The lowest BCUT2D eigenvalue weighted by molar-refractivity contribution is 0.553. The Bertz CT molecular complexity index is 163. The van der Waals surface area contributed by atoms with Gasteiger partial charge >= 0.3 is 0 Å². The summed E-state index contributed by atoms with van der Waals surface area (Å²) < 4.78 is 5.12. The van der Waals surface area contributed by atoms with Gasteiger partial charge in [-0.1, -0.05) is 0 Å². The van der Waals surface area contributed by atoms with Crippen molar-refractivity contribution in [2.45, 2.75) is 6.92 Å². The zero-order valence-electron chi connectivity index (χ0n) is 9.62. The molecule has 0 saturated carbocycles. The highest BCUT2D eigenvalue weighted by atomic mass is 31.2. The van der Waals surface area contributed by atoms with E-state index in [1.165, 1.54) is 25.2 Å². The Labute approximate surface area is 84.9 Å². The molecule has 0 radical (unpaired) electrons. The average Bonchev–Trinajstić information content (AvgIpc) is 2.36. The third kappa shape index (κ3) is 3.13. The topological polar surface area (TPSA) is 6.48 Å². The third-order valence-electron chi connectivity index (χ3n) is 2.90. The van der Waals surface area contributed by atoms with Crippen LogP contribution in [0.4, 0.5) is 0 Å². The summed E-state index contributed by atoms with van der Waals surface area (Å²) in [6, 6.07) is 0. The Kier molecular flexibility index (Phi) is 4.13. The normalized spacial score (nSPS) is 22.8. The number of likely N-dealkylation sites (N-methyl/N-ethyl adjacent to an activating group) is 2. The van der Waals surface area contributed by atoms with E-state index in [0.29, 0.717) is 0 Å². The summed E-state index contributed by atoms with van der Waals surface area (Å²) in [5.74, 6) is 1.46. The summed E-state index contributed by atoms with van der Waals surface area (Å²) in [6.07, 6.45) is 1.40. The van der Waals surface area contributed by atoms with E-state index in [2.05, 4.69) is 43.7 Å². The van der Waals surface area contributed by atoms with Crippen LogP contribution in [-0.2, 0) is 0 Å². The highest BCUT2D eigenvalue weighted by Gasteiger charge is 2.35. The fourth-order valence-corrected chi connectivity index (χ4v) is 7.87. The molecule has 0 bridgehead atoms. The highest BCUT2D eigenvalue weighted by molar-refractivity contribution is 7.83. The smallest absolute Gasteiger partial charge is 0.105 e. The van der Waals surface area contributed by atoms with Gasteiger partial charge < -0.3 is 0 Å². The molecule has 0 aromatic rings. The first-order valence-corrected chi connectivity index (χ1v) is 9.46. The molecule has 0 unspecified atom stereocenters. The SMILES string of the molecule is CC[P+](C)(C)CP1N(C)CCN1C. The van der Waals surface area contributed by atoms with Crippen molar-refractivity contribution in [3.8, 4) is 0 Å². The summed E-state index contributed by atoms with van der Waals surface area (Å²) in [6.45, 7) is 9.88.